The minimum absolute atomic E-state index is 0.455. The lowest BCUT2D eigenvalue weighted by atomic mass is 9.97. The molecule has 2 rings (SSSR count). The van der Waals surface area contributed by atoms with Crippen molar-refractivity contribution in [3.63, 3.8) is 0 Å². The van der Waals surface area contributed by atoms with E-state index in [-0.39, 0.29) is 0 Å². The molecule has 14 heavy (non-hydrogen) atoms. The molecule has 0 spiro atoms. The summed E-state index contributed by atoms with van der Waals surface area (Å²) >= 11 is 0. The molecule has 1 aromatic rings. The molecule has 1 heterocycles. The van der Waals surface area contributed by atoms with Crippen LogP contribution >= 0.6 is 0 Å². The third-order valence-electron chi connectivity index (χ3n) is 2.59. The number of fused-ring (bicyclic) bond motifs is 1. The highest BCUT2D eigenvalue weighted by Gasteiger charge is 2.18. The molecule has 1 aromatic carbocycles. The topological polar surface area (TPSA) is 44.5 Å². The summed E-state index contributed by atoms with van der Waals surface area (Å²) in [4.78, 5) is 0. The molecule has 0 saturated heterocycles. The van der Waals surface area contributed by atoms with Crippen LogP contribution in [0.15, 0.2) is 18.2 Å². The maximum atomic E-state index is 5.61. The van der Waals surface area contributed by atoms with E-state index in [1.807, 2.05) is 12.1 Å². The number of hydrogen-bond donors (Lipinski definition) is 1. The molecule has 0 bridgehead atoms. The summed E-state index contributed by atoms with van der Waals surface area (Å²) in [6.07, 6.45) is 1.01. The van der Waals surface area contributed by atoms with Crippen molar-refractivity contribution in [2.24, 2.45) is 11.7 Å². The van der Waals surface area contributed by atoms with E-state index in [9.17, 15) is 0 Å². The first-order chi connectivity index (χ1) is 6.83. The van der Waals surface area contributed by atoms with Gasteiger partial charge in [0, 0.05) is 12.0 Å². The van der Waals surface area contributed by atoms with E-state index in [0.29, 0.717) is 12.5 Å². The van der Waals surface area contributed by atoms with Crippen molar-refractivity contribution < 1.29 is 9.47 Å². The van der Waals surface area contributed by atoms with Gasteiger partial charge in [-0.05, 0) is 24.6 Å². The zero-order chi connectivity index (χ0) is 9.97. The number of hydrogen-bond acceptors (Lipinski definition) is 3. The third kappa shape index (κ3) is 1.68. The van der Waals surface area contributed by atoms with Crippen LogP contribution in [0.5, 0.6) is 11.5 Å². The lowest BCUT2D eigenvalue weighted by molar-refractivity contribution is 0.225. The summed E-state index contributed by atoms with van der Waals surface area (Å²) in [6.45, 7) is 1.40. The molecule has 0 amide bonds. The van der Waals surface area contributed by atoms with Crippen molar-refractivity contribution in [3.8, 4) is 11.5 Å². The minimum Gasteiger partial charge on any atom is -0.497 e. The second-order valence-electron chi connectivity index (χ2n) is 3.59. The fourth-order valence-corrected chi connectivity index (χ4v) is 1.69. The Morgan fingerprint density at radius 1 is 1.57 bits per heavy atom. The normalized spacial score (nSPS) is 19.7. The van der Waals surface area contributed by atoms with Crippen LogP contribution in [0.3, 0.4) is 0 Å². The van der Waals surface area contributed by atoms with Gasteiger partial charge in [0.15, 0.2) is 0 Å². The molecule has 1 unspecified atom stereocenters. The molecule has 2 N–H and O–H groups in total. The Morgan fingerprint density at radius 2 is 2.43 bits per heavy atom. The summed E-state index contributed by atoms with van der Waals surface area (Å²) in [5.41, 5.74) is 6.84. The molecular formula is C11H15NO2. The fourth-order valence-electron chi connectivity index (χ4n) is 1.69. The van der Waals surface area contributed by atoms with Gasteiger partial charge in [0.25, 0.3) is 0 Å². The van der Waals surface area contributed by atoms with E-state index in [1.165, 1.54) is 5.56 Å². The van der Waals surface area contributed by atoms with E-state index in [0.717, 1.165) is 24.5 Å². The summed E-state index contributed by atoms with van der Waals surface area (Å²) in [6, 6.07) is 5.94. The first-order valence-electron chi connectivity index (χ1n) is 4.83. The summed E-state index contributed by atoms with van der Waals surface area (Å²) in [5.74, 6) is 2.24. The summed E-state index contributed by atoms with van der Waals surface area (Å²) in [7, 11) is 1.66. The van der Waals surface area contributed by atoms with E-state index in [2.05, 4.69) is 6.07 Å². The van der Waals surface area contributed by atoms with Crippen LogP contribution in [0.4, 0.5) is 0 Å². The average molecular weight is 193 g/mol. The average Bonchev–Trinajstić information content (AvgIpc) is 2.27. The van der Waals surface area contributed by atoms with Crippen LogP contribution < -0.4 is 15.2 Å². The van der Waals surface area contributed by atoms with Crippen LogP contribution in [-0.4, -0.2) is 20.3 Å². The molecule has 0 radical (unpaired) electrons. The summed E-state index contributed by atoms with van der Waals surface area (Å²) in [5, 5.41) is 0. The van der Waals surface area contributed by atoms with Crippen LogP contribution in [0, 0.1) is 5.92 Å². The Kier molecular flexibility index (Phi) is 2.59. The van der Waals surface area contributed by atoms with E-state index < -0.39 is 0 Å². The Bertz CT molecular complexity index is 325. The molecule has 0 saturated carbocycles. The van der Waals surface area contributed by atoms with Crippen LogP contribution in [0.2, 0.25) is 0 Å². The highest BCUT2D eigenvalue weighted by atomic mass is 16.5. The molecule has 0 fully saturated rings. The van der Waals surface area contributed by atoms with Gasteiger partial charge >= 0.3 is 0 Å². The van der Waals surface area contributed by atoms with Crippen molar-refractivity contribution in [3.05, 3.63) is 23.8 Å². The van der Waals surface area contributed by atoms with Gasteiger partial charge in [-0.25, -0.2) is 0 Å². The molecule has 0 aliphatic carbocycles. The van der Waals surface area contributed by atoms with Gasteiger partial charge < -0.3 is 15.2 Å². The molecule has 3 heteroatoms. The van der Waals surface area contributed by atoms with Crippen LogP contribution in [0.1, 0.15) is 5.56 Å². The highest BCUT2D eigenvalue weighted by Crippen LogP contribution is 2.30. The second kappa shape index (κ2) is 3.88. The Morgan fingerprint density at radius 3 is 3.14 bits per heavy atom. The third-order valence-corrected chi connectivity index (χ3v) is 2.59. The van der Waals surface area contributed by atoms with Gasteiger partial charge in [0.05, 0.1) is 13.7 Å². The lowest BCUT2D eigenvalue weighted by Crippen LogP contribution is -2.27. The largest absolute Gasteiger partial charge is 0.497 e. The van der Waals surface area contributed by atoms with Gasteiger partial charge in [-0.15, -0.1) is 0 Å². The van der Waals surface area contributed by atoms with Gasteiger partial charge in [0.2, 0.25) is 0 Å². The first-order valence-corrected chi connectivity index (χ1v) is 4.83. The molecular weight excluding hydrogens is 178 g/mol. The van der Waals surface area contributed by atoms with Gasteiger partial charge in [-0.1, -0.05) is 6.07 Å². The first kappa shape index (κ1) is 9.34. The monoisotopic (exact) mass is 193 g/mol. The number of rotatable bonds is 2. The minimum atomic E-state index is 0.455. The maximum absolute atomic E-state index is 5.61. The smallest absolute Gasteiger partial charge is 0.126 e. The van der Waals surface area contributed by atoms with Gasteiger partial charge in [0.1, 0.15) is 11.5 Å². The zero-order valence-corrected chi connectivity index (χ0v) is 8.32. The molecule has 1 aliphatic rings. The molecule has 1 aliphatic heterocycles. The number of nitrogens with two attached hydrogens (primary N) is 1. The predicted molar refractivity (Wildman–Crippen MR) is 54.7 cm³/mol. The van der Waals surface area contributed by atoms with Crippen LogP contribution in [0.25, 0.3) is 0 Å². The Balaban J connectivity index is 2.23. The standard InChI is InChI=1S/C11H15NO2/c1-13-10-3-2-9-4-8(6-12)7-14-11(9)5-10/h2-3,5,8H,4,6-7,12H2,1H3. The SMILES string of the molecule is COc1ccc2c(c1)OCC(CN)C2. The number of ether oxygens (including phenoxy) is 2. The van der Waals surface area contributed by atoms with Crippen molar-refractivity contribution in [2.45, 2.75) is 6.42 Å². The lowest BCUT2D eigenvalue weighted by Gasteiger charge is -2.24. The van der Waals surface area contributed by atoms with Crippen molar-refractivity contribution in [1.29, 1.82) is 0 Å². The van der Waals surface area contributed by atoms with Crippen molar-refractivity contribution in [2.75, 3.05) is 20.3 Å². The molecule has 3 nitrogen and oxygen atoms in total. The predicted octanol–water partition coefficient (Wildman–Crippen LogP) is 1.20. The van der Waals surface area contributed by atoms with Crippen LogP contribution in [-0.2, 0) is 6.42 Å². The number of benzene rings is 1. The van der Waals surface area contributed by atoms with Crippen molar-refractivity contribution >= 4 is 0 Å². The quantitative estimate of drug-likeness (QED) is 0.767. The zero-order valence-electron chi connectivity index (χ0n) is 8.32. The fraction of sp³-hybridized carbons (Fsp3) is 0.455. The number of methoxy groups -OCH3 is 1. The highest BCUT2D eigenvalue weighted by molar-refractivity contribution is 5.42. The summed E-state index contributed by atoms with van der Waals surface area (Å²) < 4.78 is 10.7. The Hall–Kier alpha value is -1.22. The molecule has 76 valence electrons. The maximum Gasteiger partial charge on any atom is 0.126 e. The van der Waals surface area contributed by atoms with Gasteiger partial charge in [-0.2, -0.15) is 0 Å². The van der Waals surface area contributed by atoms with E-state index >= 15 is 0 Å². The Labute approximate surface area is 83.8 Å². The van der Waals surface area contributed by atoms with Gasteiger partial charge in [-0.3, -0.25) is 0 Å². The van der Waals surface area contributed by atoms with Crippen molar-refractivity contribution in [1.82, 2.24) is 0 Å². The molecule has 0 aromatic heterocycles. The van der Waals surface area contributed by atoms with E-state index in [4.69, 9.17) is 15.2 Å². The second-order valence-corrected chi connectivity index (χ2v) is 3.59. The van der Waals surface area contributed by atoms with E-state index in [1.54, 1.807) is 7.11 Å². The molecule has 1 atom stereocenters.